The second-order valence-electron chi connectivity index (χ2n) is 10.4. The van der Waals surface area contributed by atoms with E-state index in [1.165, 1.54) is 0 Å². The monoisotopic (exact) mass is 492 g/mol. The summed E-state index contributed by atoms with van der Waals surface area (Å²) >= 11 is 0. The van der Waals surface area contributed by atoms with Gasteiger partial charge in [-0.2, -0.15) is 5.10 Å². The Hall–Kier alpha value is -3.24. The average Bonchev–Trinajstić information content (AvgIpc) is 3.34. The SMILES string of the molecule is CC1(NC(=O)O[C@@H]2CC[C@H](c3cc(Nc4nccc5c(COC6CCOC6)ccnc45)n[nH]3)C2)CC1. The van der Waals surface area contributed by atoms with Crippen LogP contribution in [0.3, 0.4) is 0 Å². The Morgan fingerprint density at radius 2 is 2.08 bits per heavy atom. The summed E-state index contributed by atoms with van der Waals surface area (Å²) in [7, 11) is 0. The van der Waals surface area contributed by atoms with Crippen LogP contribution in [0.2, 0.25) is 0 Å². The molecular weight excluding hydrogens is 460 g/mol. The van der Waals surface area contributed by atoms with Crippen LogP contribution in [0.1, 0.15) is 62.6 Å². The summed E-state index contributed by atoms with van der Waals surface area (Å²) in [5.74, 6) is 1.60. The second kappa shape index (κ2) is 9.67. The summed E-state index contributed by atoms with van der Waals surface area (Å²) in [5, 5.41) is 14.9. The summed E-state index contributed by atoms with van der Waals surface area (Å²) in [6, 6.07) is 5.95. The van der Waals surface area contributed by atoms with Crippen molar-refractivity contribution < 1.29 is 19.0 Å². The number of aromatic nitrogens is 4. The fourth-order valence-corrected chi connectivity index (χ4v) is 5.01. The third-order valence-electron chi connectivity index (χ3n) is 7.46. The molecule has 3 N–H and O–H groups in total. The largest absolute Gasteiger partial charge is 0.446 e. The van der Waals surface area contributed by atoms with E-state index in [0.29, 0.717) is 24.8 Å². The minimum absolute atomic E-state index is 0.0672. The number of H-pyrrole nitrogens is 1. The van der Waals surface area contributed by atoms with E-state index in [-0.39, 0.29) is 29.8 Å². The van der Waals surface area contributed by atoms with Crippen molar-refractivity contribution in [2.75, 3.05) is 18.5 Å². The fourth-order valence-electron chi connectivity index (χ4n) is 5.01. The van der Waals surface area contributed by atoms with Crippen LogP contribution in [0.4, 0.5) is 16.4 Å². The number of hydrogen-bond acceptors (Lipinski definition) is 8. The molecule has 1 amide bonds. The number of carbonyl (C=O) groups excluding carboxylic acids is 1. The van der Waals surface area contributed by atoms with Gasteiger partial charge in [-0.05, 0) is 63.1 Å². The van der Waals surface area contributed by atoms with Gasteiger partial charge in [0.1, 0.15) is 11.6 Å². The van der Waals surface area contributed by atoms with Crippen LogP contribution >= 0.6 is 0 Å². The molecule has 0 aromatic carbocycles. The Kier molecular flexibility index (Phi) is 6.22. The summed E-state index contributed by atoms with van der Waals surface area (Å²) in [6.45, 7) is 3.96. The Morgan fingerprint density at radius 3 is 2.92 bits per heavy atom. The van der Waals surface area contributed by atoms with Crippen LogP contribution in [0.15, 0.2) is 30.6 Å². The highest BCUT2D eigenvalue weighted by atomic mass is 16.6. The summed E-state index contributed by atoms with van der Waals surface area (Å²) in [4.78, 5) is 21.2. The maximum atomic E-state index is 12.2. The average molecular weight is 493 g/mol. The lowest BCUT2D eigenvalue weighted by atomic mass is 10.0. The molecule has 0 radical (unpaired) electrons. The van der Waals surface area contributed by atoms with E-state index in [1.807, 2.05) is 25.1 Å². The first-order valence-electron chi connectivity index (χ1n) is 12.8. The van der Waals surface area contributed by atoms with E-state index < -0.39 is 0 Å². The number of anilines is 2. The lowest BCUT2D eigenvalue weighted by Gasteiger charge is -2.16. The van der Waals surface area contributed by atoms with Crippen molar-refractivity contribution in [3.8, 4) is 0 Å². The van der Waals surface area contributed by atoms with Gasteiger partial charge in [0.25, 0.3) is 0 Å². The molecule has 3 aliphatic rings. The number of nitrogens with zero attached hydrogens (tertiary/aromatic N) is 3. The van der Waals surface area contributed by atoms with Gasteiger partial charge in [0.05, 0.1) is 19.3 Å². The van der Waals surface area contributed by atoms with Crippen molar-refractivity contribution in [3.05, 3.63) is 41.9 Å². The quantitative estimate of drug-likeness (QED) is 0.425. The third kappa shape index (κ3) is 5.15. The molecule has 3 fully saturated rings. The van der Waals surface area contributed by atoms with E-state index in [1.54, 1.807) is 12.4 Å². The molecule has 3 aromatic rings. The first-order valence-corrected chi connectivity index (χ1v) is 12.8. The Balaban J connectivity index is 1.09. The van der Waals surface area contributed by atoms with E-state index in [4.69, 9.17) is 14.2 Å². The molecule has 4 heterocycles. The molecule has 10 nitrogen and oxygen atoms in total. The molecule has 1 unspecified atom stereocenters. The molecule has 1 aliphatic heterocycles. The number of fused-ring (bicyclic) bond motifs is 1. The maximum absolute atomic E-state index is 12.2. The highest BCUT2D eigenvalue weighted by Crippen LogP contribution is 2.38. The predicted molar refractivity (Wildman–Crippen MR) is 133 cm³/mol. The van der Waals surface area contributed by atoms with Crippen LogP contribution in [-0.4, -0.2) is 57.2 Å². The minimum Gasteiger partial charge on any atom is -0.446 e. The van der Waals surface area contributed by atoms with Gasteiger partial charge in [-0.25, -0.2) is 9.78 Å². The molecule has 6 rings (SSSR count). The zero-order valence-corrected chi connectivity index (χ0v) is 20.5. The van der Waals surface area contributed by atoms with Crippen LogP contribution in [-0.2, 0) is 20.8 Å². The van der Waals surface area contributed by atoms with Crippen LogP contribution in [0.5, 0.6) is 0 Å². The zero-order valence-electron chi connectivity index (χ0n) is 20.5. The Labute approximate surface area is 209 Å². The highest BCUT2D eigenvalue weighted by molar-refractivity contribution is 5.91. The zero-order chi connectivity index (χ0) is 24.5. The van der Waals surface area contributed by atoms with Crippen molar-refractivity contribution in [2.45, 2.75) is 75.7 Å². The third-order valence-corrected chi connectivity index (χ3v) is 7.46. The van der Waals surface area contributed by atoms with Gasteiger partial charge in [-0.1, -0.05) is 0 Å². The highest BCUT2D eigenvalue weighted by Gasteiger charge is 2.40. The fraction of sp³-hybridized carbons (Fsp3) is 0.538. The molecule has 10 heteroatoms. The van der Waals surface area contributed by atoms with Gasteiger partial charge in [-0.3, -0.25) is 10.1 Å². The lowest BCUT2D eigenvalue weighted by molar-refractivity contribution is 0.0323. The summed E-state index contributed by atoms with van der Waals surface area (Å²) < 4.78 is 17.1. The molecule has 2 saturated carbocycles. The van der Waals surface area contributed by atoms with Gasteiger partial charge >= 0.3 is 6.09 Å². The minimum atomic E-state index is -0.302. The molecule has 2 aliphatic carbocycles. The first kappa shape index (κ1) is 23.2. The molecular formula is C26H32N6O4. The summed E-state index contributed by atoms with van der Waals surface area (Å²) in [6.07, 6.45) is 8.88. The van der Waals surface area contributed by atoms with Gasteiger partial charge < -0.3 is 24.8 Å². The van der Waals surface area contributed by atoms with E-state index >= 15 is 0 Å². The topological polar surface area (TPSA) is 123 Å². The van der Waals surface area contributed by atoms with Gasteiger partial charge in [0.2, 0.25) is 0 Å². The second-order valence-corrected chi connectivity index (χ2v) is 10.4. The smallest absolute Gasteiger partial charge is 0.407 e. The number of ether oxygens (including phenoxy) is 3. The van der Waals surface area contributed by atoms with E-state index in [0.717, 1.165) is 67.3 Å². The number of hydrogen-bond donors (Lipinski definition) is 3. The molecule has 190 valence electrons. The number of amides is 1. The number of nitrogens with one attached hydrogen (secondary N) is 3. The van der Waals surface area contributed by atoms with Gasteiger partial charge in [0, 0.05) is 47.6 Å². The van der Waals surface area contributed by atoms with Crippen molar-refractivity contribution in [3.63, 3.8) is 0 Å². The Bertz CT molecular complexity index is 1240. The molecule has 1 saturated heterocycles. The number of rotatable bonds is 8. The lowest BCUT2D eigenvalue weighted by Crippen LogP contribution is -2.36. The van der Waals surface area contributed by atoms with Crippen molar-refractivity contribution in [1.82, 2.24) is 25.5 Å². The molecule has 0 bridgehead atoms. The first-order chi connectivity index (χ1) is 17.5. The van der Waals surface area contributed by atoms with Crippen molar-refractivity contribution in [1.29, 1.82) is 0 Å². The van der Waals surface area contributed by atoms with E-state index in [9.17, 15) is 4.79 Å². The van der Waals surface area contributed by atoms with Crippen molar-refractivity contribution >= 4 is 28.6 Å². The predicted octanol–water partition coefficient (Wildman–Crippen LogP) is 4.32. The molecule has 3 aromatic heterocycles. The number of aromatic amines is 1. The maximum Gasteiger partial charge on any atom is 0.407 e. The molecule has 36 heavy (non-hydrogen) atoms. The number of alkyl carbamates (subject to hydrolysis) is 1. The normalized spacial score (nSPS) is 24.6. The van der Waals surface area contributed by atoms with Crippen molar-refractivity contribution in [2.24, 2.45) is 0 Å². The molecule has 3 atom stereocenters. The van der Waals surface area contributed by atoms with Crippen LogP contribution in [0.25, 0.3) is 10.9 Å². The van der Waals surface area contributed by atoms with Crippen LogP contribution in [0, 0.1) is 0 Å². The van der Waals surface area contributed by atoms with E-state index in [2.05, 4.69) is 30.8 Å². The Morgan fingerprint density at radius 1 is 1.19 bits per heavy atom. The van der Waals surface area contributed by atoms with Crippen LogP contribution < -0.4 is 10.6 Å². The number of pyridine rings is 2. The standard InChI is InChI=1S/C26H32N6O4/c1-26(7-8-26)30-25(33)36-18-3-2-16(12-18)21-13-22(32-31-21)29-24-23-20(5-10-28-24)17(4-9-27-23)14-35-19-6-11-34-15-19/h4-5,9-10,13,16,18-19H,2-3,6-8,11-12,14-15H2,1H3,(H,30,33)(H2,28,29,31,32)/t16-,18+,19?/m0/s1. The number of carbonyl (C=O) groups is 1. The summed E-state index contributed by atoms with van der Waals surface area (Å²) in [5.41, 5.74) is 2.80. The molecule has 0 spiro atoms. The van der Waals surface area contributed by atoms with Gasteiger partial charge in [0.15, 0.2) is 11.6 Å². The van der Waals surface area contributed by atoms with Gasteiger partial charge in [-0.15, -0.1) is 0 Å².